The number of halogens is 3. The van der Waals surface area contributed by atoms with Gasteiger partial charge >= 0.3 is 12.3 Å². The van der Waals surface area contributed by atoms with Crippen molar-refractivity contribution in [2.45, 2.75) is 25.6 Å². The second-order valence-electron chi connectivity index (χ2n) is 6.05. The summed E-state index contributed by atoms with van der Waals surface area (Å²) in [4.78, 5) is 11.3. The normalized spacial score (nSPS) is 12.6. The third-order valence-electron chi connectivity index (χ3n) is 3.99. The smallest absolute Gasteiger partial charge is 0.416 e. The van der Waals surface area contributed by atoms with Crippen molar-refractivity contribution in [1.82, 2.24) is 10.2 Å². The first-order chi connectivity index (χ1) is 13.2. The molecule has 0 radical (unpaired) electrons. The fourth-order valence-electron chi connectivity index (χ4n) is 2.72. The molecule has 1 atom stereocenters. The molecule has 1 amide bonds. The molecule has 2 N–H and O–H groups in total. The van der Waals surface area contributed by atoms with Gasteiger partial charge in [-0.05, 0) is 34.9 Å². The zero-order chi connectivity index (χ0) is 20.3. The molecule has 0 spiro atoms. The van der Waals surface area contributed by atoms with E-state index in [9.17, 15) is 18.0 Å². The van der Waals surface area contributed by atoms with Gasteiger partial charge in [0.2, 0.25) is 11.8 Å². The number of carbonyl (C=O) groups excluding carboxylic acids is 1. The van der Waals surface area contributed by atoms with E-state index in [0.717, 1.165) is 12.1 Å². The number of hydrogen-bond acceptors (Lipinski definition) is 5. The molecule has 0 aliphatic rings. The Morgan fingerprint density at radius 2 is 1.86 bits per heavy atom. The van der Waals surface area contributed by atoms with E-state index in [-0.39, 0.29) is 12.3 Å². The topological polar surface area (TPSA) is 91.2 Å². The minimum Gasteiger partial charge on any atom is -0.441 e. The highest BCUT2D eigenvalue weighted by molar-refractivity contribution is 5.66. The van der Waals surface area contributed by atoms with Gasteiger partial charge in [-0.25, -0.2) is 4.79 Å². The molecule has 0 bridgehead atoms. The predicted octanol–water partition coefficient (Wildman–Crippen LogP) is 4.44. The van der Waals surface area contributed by atoms with Gasteiger partial charge in [0.1, 0.15) is 6.10 Å². The number of ether oxygens (including phenoxy) is 1. The zero-order valence-electron chi connectivity index (χ0n) is 14.7. The van der Waals surface area contributed by atoms with Crippen LogP contribution in [0.2, 0.25) is 0 Å². The van der Waals surface area contributed by atoms with E-state index in [2.05, 4.69) is 10.2 Å². The van der Waals surface area contributed by atoms with Gasteiger partial charge in [0.15, 0.2) is 0 Å². The maximum absolute atomic E-state index is 12.7. The van der Waals surface area contributed by atoms with Crippen molar-refractivity contribution in [2.75, 3.05) is 0 Å². The third kappa shape index (κ3) is 4.67. The molecule has 3 aromatic rings. The Morgan fingerprint density at radius 1 is 1.14 bits per heavy atom. The van der Waals surface area contributed by atoms with Crippen molar-refractivity contribution in [2.24, 2.45) is 5.73 Å². The number of amides is 1. The van der Waals surface area contributed by atoms with Gasteiger partial charge in [0.05, 0.1) is 12.0 Å². The standard InChI is InChI=1S/C19H16F3N3O3/c1-11-24-25-17(27-11)10-16(28-18(23)26)14-4-2-3-13(9-14)12-5-7-15(8-6-12)19(20,21)22/h2-9,16H,10H2,1H3,(H2,23,26). The number of nitrogens with two attached hydrogens (primary N) is 1. The first-order valence-corrected chi connectivity index (χ1v) is 8.25. The average molecular weight is 391 g/mol. The summed E-state index contributed by atoms with van der Waals surface area (Å²) in [6.45, 7) is 1.63. The number of alkyl halides is 3. The number of aromatic nitrogens is 2. The molecule has 0 aliphatic heterocycles. The quantitative estimate of drug-likeness (QED) is 0.694. The molecule has 3 rings (SSSR count). The van der Waals surface area contributed by atoms with E-state index in [1.807, 2.05) is 0 Å². The first-order valence-electron chi connectivity index (χ1n) is 8.25. The monoisotopic (exact) mass is 391 g/mol. The summed E-state index contributed by atoms with van der Waals surface area (Å²) in [5.74, 6) is 0.634. The summed E-state index contributed by atoms with van der Waals surface area (Å²) in [6, 6.07) is 11.7. The van der Waals surface area contributed by atoms with Crippen molar-refractivity contribution in [1.29, 1.82) is 0 Å². The lowest BCUT2D eigenvalue weighted by Crippen LogP contribution is -2.19. The van der Waals surface area contributed by atoms with Crippen LogP contribution in [0.25, 0.3) is 11.1 Å². The van der Waals surface area contributed by atoms with Gasteiger partial charge in [-0.3, -0.25) is 0 Å². The van der Waals surface area contributed by atoms with E-state index in [1.54, 1.807) is 31.2 Å². The lowest BCUT2D eigenvalue weighted by Gasteiger charge is -2.16. The van der Waals surface area contributed by atoms with Gasteiger partial charge in [-0.2, -0.15) is 13.2 Å². The van der Waals surface area contributed by atoms with Crippen LogP contribution < -0.4 is 5.73 Å². The van der Waals surface area contributed by atoms with E-state index in [0.29, 0.717) is 22.6 Å². The summed E-state index contributed by atoms with van der Waals surface area (Å²) in [5.41, 5.74) is 6.27. The second kappa shape index (κ2) is 7.71. The molecule has 9 heteroatoms. The maximum Gasteiger partial charge on any atom is 0.416 e. The van der Waals surface area contributed by atoms with Crippen LogP contribution in [0.1, 0.15) is 29.0 Å². The SMILES string of the molecule is Cc1nnc(CC(OC(N)=O)c2cccc(-c3ccc(C(F)(F)F)cc3)c2)o1. The number of aryl methyl sites for hydroxylation is 1. The number of primary amides is 1. The maximum atomic E-state index is 12.7. The largest absolute Gasteiger partial charge is 0.441 e. The number of hydrogen-bond donors (Lipinski definition) is 1. The van der Waals surface area contributed by atoms with E-state index < -0.39 is 23.9 Å². The molecule has 0 saturated carbocycles. The summed E-state index contributed by atoms with van der Waals surface area (Å²) >= 11 is 0. The molecule has 1 unspecified atom stereocenters. The Bertz CT molecular complexity index is 968. The van der Waals surface area contributed by atoms with Crippen LogP contribution in [-0.2, 0) is 17.3 Å². The molecular weight excluding hydrogens is 375 g/mol. The molecule has 1 heterocycles. The summed E-state index contributed by atoms with van der Waals surface area (Å²) in [5, 5.41) is 7.60. The lowest BCUT2D eigenvalue weighted by molar-refractivity contribution is -0.137. The van der Waals surface area contributed by atoms with Crippen molar-refractivity contribution < 1.29 is 27.1 Å². The van der Waals surface area contributed by atoms with Gasteiger partial charge < -0.3 is 14.9 Å². The molecule has 6 nitrogen and oxygen atoms in total. The highest BCUT2D eigenvalue weighted by atomic mass is 19.4. The minimum atomic E-state index is -4.40. The van der Waals surface area contributed by atoms with Crippen molar-refractivity contribution >= 4 is 6.09 Å². The molecule has 28 heavy (non-hydrogen) atoms. The van der Waals surface area contributed by atoms with Gasteiger partial charge in [-0.1, -0.05) is 30.3 Å². The predicted molar refractivity (Wildman–Crippen MR) is 93.0 cm³/mol. The van der Waals surface area contributed by atoms with Crippen molar-refractivity contribution in [3.8, 4) is 11.1 Å². The van der Waals surface area contributed by atoms with E-state index >= 15 is 0 Å². The van der Waals surface area contributed by atoms with Crippen LogP contribution in [0.15, 0.2) is 52.9 Å². The van der Waals surface area contributed by atoms with Crippen LogP contribution >= 0.6 is 0 Å². The van der Waals surface area contributed by atoms with Crippen LogP contribution in [-0.4, -0.2) is 16.3 Å². The van der Waals surface area contributed by atoms with Gasteiger partial charge in [-0.15, -0.1) is 10.2 Å². The van der Waals surface area contributed by atoms with Crippen LogP contribution in [0.5, 0.6) is 0 Å². The number of nitrogens with zero attached hydrogens (tertiary/aromatic N) is 2. The Morgan fingerprint density at radius 3 is 2.43 bits per heavy atom. The Kier molecular flexibility index (Phi) is 5.34. The zero-order valence-corrected chi connectivity index (χ0v) is 14.7. The molecule has 1 aromatic heterocycles. The minimum absolute atomic E-state index is 0.111. The summed E-state index contributed by atoms with van der Waals surface area (Å²) in [7, 11) is 0. The lowest BCUT2D eigenvalue weighted by atomic mass is 9.98. The summed E-state index contributed by atoms with van der Waals surface area (Å²) in [6.07, 6.45) is -6.04. The number of rotatable bonds is 5. The highest BCUT2D eigenvalue weighted by Gasteiger charge is 2.30. The molecule has 146 valence electrons. The van der Waals surface area contributed by atoms with Gasteiger partial charge in [0, 0.05) is 6.92 Å². The van der Waals surface area contributed by atoms with Gasteiger partial charge in [0.25, 0.3) is 0 Å². The molecule has 0 saturated heterocycles. The van der Waals surface area contributed by atoms with Crippen LogP contribution in [0.3, 0.4) is 0 Å². The number of benzene rings is 2. The molecule has 0 aliphatic carbocycles. The molecule has 2 aromatic carbocycles. The fourth-order valence-corrected chi connectivity index (χ4v) is 2.72. The molecule has 0 fully saturated rings. The van der Waals surface area contributed by atoms with Crippen LogP contribution in [0.4, 0.5) is 18.0 Å². The van der Waals surface area contributed by atoms with Crippen LogP contribution in [0, 0.1) is 6.92 Å². The first kappa shape index (κ1) is 19.4. The molecular formula is C19H16F3N3O3. The fraction of sp³-hybridized carbons (Fsp3) is 0.211. The van der Waals surface area contributed by atoms with Crippen molar-refractivity contribution in [3.05, 3.63) is 71.4 Å². The average Bonchev–Trinajstić information content (AvgIpc) is 3.05. The Hall–Kier alpha value is -3.36. The highest BCUT2D eigenvalue weighted by Crippen LogP contribution is 2.32. The Labute approximate surface area is 158 Å². The van der Waals surface area contributed by atoms with E-state index in [4.69, 9.17) is 14.9 Å². The third-order valence-corrected chi connectivity index (χ3v) is 3.99. The Balaban J connectivity index is 1.89. The van der Waals surface area contributed by atoms with E-state index in [1.165, 1.54) is 12.1 Å². The second-order valence-corrected chi connectivity index (χ2v) is 6.05. The number of carbonyl (C=O) groups is 1. The summed E-state index contributed by atoms with van der Waals surface area (Å²) < 4.78 is 48.7. The van der Waals surface area contributed by atoms with Crippen molar-refractivity contribution in [3.63, 3.8) is 0 Å².